The second-order valence-electron chi connectivity index (χ2n) is 14.3. The molecule has 6 heterocycles. The molecule has 0 saturated carbocycles. The van der Waals surface area contributed by atoms with Gasteiger partial charge in [-0.2, -0.15) is 4.98 Å². The molecule has 5 aliphatic rings. The van der Waals surface area contributed by atoms with E-state index in [9.17, 15) is 28.8 Å². The minimum Gasteiger partial charge on any atom is -0.370 e. The molecule has 1 aromatic heterocycles. The third kappa shape index (κ3) is 6.53. The van der Waals surface area contributed by atoms with Gasteiger partial charge in [0.15, 0.2) is 11.5 Å². The summed E-state index contributed by atoms with van der Waals surface area (Å²) in [7, 11) is 0. The largest absolute Gasteiger partial charge is 0.370 e. The Balaban J connectivity index is 0.839. The topological polar surface area (TPSA) is 204 Å². The van der Waals surface area contributed by atoms with E-state index in [0.29, 0.717) is 38.0 Å². The molecule has 0 radical (unpaired) electrons. The molecule has 1 atom stereocenters. The van der Waals surface area contributed by atoms with Crippen LogP contribution in [0, 0.1) is 5.92 Å². The fourth-order valence-electron chi connectivity index (χ4n) is 7.97. The average molecular weight is 721 g/mol. The van der Waals surface area contributed by atoms with Crippen molar-refractivity contribution in [3.63, 3.8) is 0 Å². The monoisotopic (exact) mass is 720 g/mol. The first-order valence-corrected chi connectivity index (χ1v) is 18.2. The predicted octanol–water partition coefficient (Wildman–Crippen LogP) is 1.95. The molecule has 3 aromatic rings. The number of hydrogen-bond acceptors (Lipinski definition) is 12. The number of carbonyl (C=O) groups excluding carboxylic acids is 6. The number of aromatic nitrogens is 3. The van der Waals surface area contributed by atoms with Crippen LogP contribution in [0.3, 0.4) is 0 Å². The highest BCUT2D eigenvalue weighted by atomic mass is 16.2. The SMILES string of the molecule is NC(=O)c1nnc(N2CCCCC2)nc1Nc1ccc(C2CCN(C(=O)C3CN(c4ccc5c(c4)C(=O)N(C4CCC(=O)NC4=O)C5=O)C3)CC2)cc1. The van der Waals surface area contributed by atoms with E-state index in [-0.39, 0.29) is 47.3 Å². The number of nitrogens with two attached hydrogens (primary N) is 1. The Morgan fingerprint density at radius 1 is 0.811 bits per heavy atom. The molecular weight excluding hydrogens is 680 g/mol. The third-order valence-electron chi connectivity index (χ3n) is 11.0. The number of rotatable bonds is 8. The van der Waals surface area contributed by atoms with Gasteiger partial charge >= 0.3 is 0 Å². The minimum atomic E-state index is -1.01. The van der Waals surface area contributed by atoms with E-state index in [2.05, 4.69) is 42.8 Å². The van der Waals surface area contributed by atoms with Crippen LogP contribution >= 0.6 is 0 Å². The first kappa shape index (κ1) is 34.2. The van der Waals surface area contributed by atoms with Gasteiger partial charge in [-0.25, -0.2) is 0 Å². The number of nitrogens with one attached hydrogen (secondary N) is 2. The van der Waals surface area contributed by atoms with Gasteiger partial charge in [0.05, 0.1) is 17.0 Å². The fourth-order valence-corrected chi connectivity index (χ4v) is 7.97. The van der Waals surface area contributed by atoms with Crippen molar-refractivity contribution in [3.05, 3.63) is 64.8 Å². The lowest BCUT2D eigenvalue weighted by Crippen LogP contribution is -2.55. The number of likely N-dealkylation sites (tertiary alicyclic amines) is 1. The number of fused-ring (bicyclic) bond motifs is 1. The average Bonchev–Trinajstić information content (AvgIpc) is 3.39. The summed E-state index contributed by atoms with van der Waals surface area (Å²) in [6.07, 6.45) is 5.11. The molecular formula is C37H40N10O6. The molecule has 53 heavy (non-hydrogen) atoms. The van der Waals surface area contributed by atoms with Crippen LogP contribution in [0.25, 0.3) is 0 Å². The molecule has 5 aliphatic heterocycles. The number of hydrogen-bond donors (Lipinski definition) is 3. The highest BCUT2D eigenvalue weighted by molar-refractivity contribution is 6.23. The second-order valence-corrected chi connectivity index (χ2v) is 14.3. The number of carbonyl (C=O) groups is 6. The Morgan fingerprint density at radius 2 is 1.53 bits per heavy atom. The van der Waals surface area contributed by atoms with Gasteiger partial charge in [-0.1, -0.05) is 12.1 Å². The van der Waals surface area contributed by atoms with Crippen LogP contribution in [0.4, 0.5) is 23.1 Å². The number of benzene rings is 2. The summed E-state index contributed by atoms with van der Waals surface area (Å²) in [6, 6.07) is 12.0. The van der Waals surface area contributed by atoms with Crippen LogP contribution in [0.1, 0.15) is 87.6 Å². The fraction of sp³-hybridized carbons (Fsp3) is 0.432. The normalized spacial score (nSPS) is 21.0. The molecule has 8 rings (SSSR count). The van der Waals surface area contributed by atoms with E-state index in [1.54, 1.807) is 18.2 Å². The zero-order valence-corrected chi connectivity index (χ0v) is 29.1. The summed E-state index contributed by atoms with van der Waals surface area (Å²) >= 11 is 0. The third-order valence-corrected chi connectivity index (χ3v) is 11.0. The molecule has 4 N–H and O–H groups in total. The molecule has 0 spiro atoms. The van der Waals surface area contributed by atoms with E-state index >= 15 is 0 Å². The molecule has 0 bridgehead atoms. The summed E-state index contributed by atoms with van der Waals surface area (Å²) in [5, 5.41) is 13.6. The number of anilines is 4. The molecule has 6 amide bonds. The first-order valence-electron chi connectivity index (χ1n) is 18.2. The Morgan fingerprint density at radius 3 is 2.23 bits per heavy atom. The van der Waals surface area contributed by atoms with Crippen molar-refractivity contribution in [2.45, 2.75) is 56.9 Å². The number of amides is 6. The smallest absolute Gasteiger partial charge is 0.273 e. The van der Waals surface area contributed by atoms with Gasteiger partial charge in [-0.3, -0.25) is 39.0 Å². The summed E-state index contributed by atoms with van der Waals surface area (Å²) < 4.78 is 0. The lowest BCUT2D eigenvalue weighted by atomic mass is 9.88. The highest BCUT2D eigenvalue weighted by Crippen LogP contribution is 2.35. The quantitative estimate of drug-likeness (QED) is 0.286. The molecule has 4 saturated heterocycles. The number of primary amides is 1. The van der Waals surface area contributed by atoms with E-state index in [4.69, 9.17) is 5.73 Å². The minimum absolute atomic E-state index is 0.0151. The first-order chi connectivity index (χ1) is 25.6. The van der Waals surface area contributed by atoms with Crippen molar-refractivity contribution in [1.29, 1.82) is 0 Å². The van der Waals surface area contributed by atoms with Gasteiger partial charge < -0.3 is 25.8 Å². The molecule has 0 aliphatic carbocycles. The summed E-state index contributed by atoms with van der Waals surface area (Å²) in [4.78, 5) is 87.3. The van der Waals surface area contributed by atoms with E-state index in [1.807, 2.05) is 21.9 Å². The van der Waals surface area contributed by atoms with Gasteiger partial charge in [-0.15, -0.1) is 10.2 Å². The van der Waals surface area contributed by atoms with Crippen molar-refractivity contribution in [2.75, 3.05) is 54.4 Å². The Hall–Kier alpha value is -5.93. The van der Waals surface area contributed by atoms with Crippen LogP contribution in [-0.4, -0.2) is 106 Å². The van der Waals surface area contributed by atoms with Crippen LogP contribution < -0.4 is 26.2 Å². The molecule has 274 valence electrons. The number of imide groups is 2. The van der Waals surface area contributed by atoms with Crippen LogP contribution in [0.5, 0.6) is 0 Å². The predicted molar refractivity (Wildman–Crippen MR) is 192 cm³/mol. The lowest BCUT2D eigenvalue weighted by molar-refractivity contribution is -0.138. The van der Waals surface area contributed by atoms with Crippen molar-refractivity contribution in [1.82, 2.24) is 30.3 Å². The Bertz CT molecular complexity index is 2000. The van der Waals surface area contributed by atoms with Crippen molar-refractivity contribution in [3.8, 4) is 0 Å². The van der Waals surface area contributed by atoms with Crippen molar-refractivity contribution in [2.24, 2.45) is 11.7 Å². The Kier molecular flexibility index (Phi) is 8.96. The van der Waals surface area contributed by atoms with Crippen LogP contribution in [0.2, 0.25) is 0 Å². The van der Waals surface area contributed by atoms with Gasteiger partial charge in [0.25, 0.3) is 17.7 Å². The van der Waals surface area contributed by atoms with E-state index < -0.39 is 35.6 Å². The zero-order valence-electron chi connectivity index (χ0n) is 29.1. The maximum Gasteiger partial charge on any atom is 0.273 e. The number of piperidine rings is 3. The van der Waals surface area contributed by atoms with Gasteiger partial charge in [0.2, 0.25) is 23.7 Å². The summed E-state index contributed by atoms with van der Waals surface area (Å²) in [5.74, 6) is -1.87. The number of nitrogens with zero attached hydrogens (tertiary/aromatic N) is 7. The second kappa shape index (κ2) is 13.9. The molecule has 4 fully saturated rings. The van der Waals surface area contributed by atoms with Gasteiger partial charge in [0.1, 0.15) is 6.04 Å². The van der Waals surface area contributed by atoms with Crippen LogP contribution in [0.15, 0.2) is 42.5 Å². The van der Waals surface area contributed by atoms with E-state index in [0.717, 1.165) is 55.0 Å². The summed E-state index contributed by atoms with van der Waals surface area (Å²) in [6.45, 7) is 3.99. The molecule has 1 unspecified atom stereocenters. The zero-order chi connectivity index (χ0) is 36.8. The molecule has 2 aromatic carbocycles. The molecule has 16 nitrogen and oxygen atoms in total. The maximum atomic E-state index is 13.4. The highest BCUT2D eigenvalue weighted by Gasteiger charge is 2.45. The Labute approximate surface area is 305 Å². The van der Waals surface area contributed by atoms with Crippen molar-refractivity contribution < 1.29 is 28.8 Å². The van der Waals surface area contributed by atoms with Gasteiger partial charge in [-0.05, 0) is 80.3 Å². The lowest BCUT2D eigenvalue weighted by Gasteiger charge is -2.43. The molecule has 16 heteroatoms. The van der Waals surface area contributed by atoms with Crippen LogP contribution in [-0.2, 0) is 14.4 Å². The van der Waals surface area contributed by atoms with E-state index in [1.165, 1.54) is 12.0 Å². The van der Waals surface area contributed by atoms with Crippen molar-refractivity contribution >= 4 is 58.6 Å². The standard InChI is InChI=1S/C37H40N10O6/c38-31(49)30-32(41-37(43-42-30)45-14-2-1-3-15-45)39-24-6-4-21(5-7-24)22-12-16-44(17-13-22)34(51)23-19-46(20-23)25-8-9-26-27(18-25)36(53)47(35(26)52)28-10-11-29(48)40-33(28)50/h4-9,18,22-23,28H,1-3,10-17,19-20H2,(H2,38,49)(H,39,41,43)(H,40,48,50). The van der Waals surface area contributed by atoms with Gasteiger partial charge in [0, 0.05) is 57.1 Å². The summed E-state index contributed by atoms with van der Waals surface area (Å²) in [5.41, 5.74) is 8.66. The maximum absolute atomic E-state index is 13.4.